The molecule has 0 bridgehead atoms. The molecule has 0 amide bonds. The molecule has 1 heterocycles. The fourth-order valence-electron chi connectivity index (χ4n) is 4.16. The maximum Gasteiger partial charge on any atom is 0.159 e. The SMILES string of the molecule is Oc1ccc(Br)cc1[C@H]1Nc2ccccc2C(c2ccccc2)(c2ccccc2)O1. The van der Waals surface area contributed by atoms with E-state index in [2.05, 4.69) is 57.6 Å². The van der Waals surface area contributed by atoms with Gasteiger partial charge in [0.25, 0.3) is 0 Å². The summed E-state index contributed by atoms with van der Waals surface area (Å²) in [5.74, 6) is 0.185. The first-order valence-electron chi connectivity index (χ1n) is 9.82. The highest BCUT2D eigenvalue weighted by Crippen LogP contribution is 2.50. The van der Waals surface area contributed by atoms with Crippen molar-refractivity contribution in [2.45, 2.75) is 11.8 Å². The zero-order chi connectivity index (χ0) is 20.6. The molecule has 4 heteroatoms. The van der Waals surface area contributed by atoms with Crippen LogP contribution in [-0.4, -0.2) is 5.11 Å². The first kappa shape index (κ1) is 18.9. The molecular weight excluding hydrogens is 438 g/mol. The zero-order valence-electron chi connectivity index (χ0n) is 16.1. The van der Waals surface area contributed by atoms with Crippen LogP contribution in [0.15, 0.2) is 108 Å². The summed E-state index contributed by atoms with van der Waals surface area (Å²) >= 11 is 3.52. The van der Waals surface area contributed by atoms with E-state index in [1.165, 1.54) is 0 Å². The van der Waals surface area contributed by atoms with Crippen LogP contribution in [-0.2, 0) is 10.3 Å². The van der Waals surface area contributed by atoms with Gasteiger partial charge in [0.2, 0.25) is 0 Å². The number of hydrogen-bond acceptors (Lipinski definition) is 3. The summed E-state index contributed by atoms with van der Waals surface area (Å²) in [6.45, 7) is 0. The van der Waals surface area contributed by atoms with Gasteiger partial charge in [-0.25, -0.2) is 0 Å². The highest BCUT2D eigenvalue weighted by Gasteiger charge is 2.45. The van der Waals surface area contributed by atoms with Gasteiger partial charge >= 0.3 is 0 Å². The summed E-state index contributed by atoms with van der Waals surface area (Å²) in [7, 11) is 0. The molecule has 0 fully saturated rings. The summed E-state index contributed by atoms with van der Waals surface area (Å²) in [5, 5.41) is 14.1. The van der Waals surface area contributed by atoms with E-state index in [4.69, 9.17) is 4.74 Å². The average Bonchev–Trinajstić information content (AvgIpc) is 2.81. The van der Waals surface area contributed by atoms with Gasteiger partial charge < -0.3 is 15.2 Å². The van der Waals surface area contributed by atoms with Crippen molar-refractivity contribution in [2.75, 3.05) is 5.32 Å². The van der Waals surface area contributed by atoms with Crippen LogP contribution >= 0.6 is 15.9 Å². The van der Waals surface area contributed by atoms with E-state index in [9.17, 15) is 5.11 Å². The molecule has 4 aromatic carbocycles. The minimum absolute atomic E-state index is 0.185. The Balaban J connectivity index is 1.79. The van der Waals surface area contributed by atoms with Crippen molar-refractivity contribution in [1.82, 2.24) is 0 Å². The molecule has 5 rings (SSSR count). The fourth-order valence-corrected chi connectivity index (χ4v) is 4.54. The quantitative estimate of drug-likeness (QED) is 0.364. The molecule has 1 atom stereocenters. The lowest BCUT2D eigenvalue weighted by Gasteiger charge is -2.44. The second-order valence-electron chi connectivity index (χ2n) is 7.30. The minimum atomic E-state index is -0.830. The number of phenolic OH excluding ortho intramolecular Hbond substituents is 1. The molecule has 0 saturated carbocycles. The first-order chi connectivity index (χ1) is 14.7. The van der Waals surface area contributed by atoms with Crippen LogP contribution in [0.3, 0.4) is 0 Å². The van der Waals surface area contributed by atoms with Gasteiger partial charge in [0.05, 0.1) is 0 Å². The molecule has 3 nitrogen and oxygen atoms in total. The number of para-hydroxylation sites is 1. The number of halogens is 1. The van der Waals surface area contributed by atoms with Crippen molar-refractivity contribution in [3.63, 3.8) is 0 Å². The van der Waals surface area contributed by atoms with Crippen LogP contribution in [0.2, 0.25) is 0 Å². The number of fused-ring (bicyclic) bond motifs is 1. The van der Waals surface area contributed by atoms with E-state index in [1.807, 2.05) is 60.7 Å². The van der Waals surface area contributed by atoms with Gasteiger partial charge in [-0.2, -0.15) is 0 Å². The molecule has 1 aliphatic rings. The van der Waals surface area contributed by atoms with Gasteiger partial charge in [0.15, 0.2) is 6.23 Å². The van der Waals surface area contributed by atoms with Crippen LogP contribution < -0.4 is 5.32 Å². The Morgan fingerprint density at radius 1 is 0.767 bits per heavy atom. The van der Waals surface area contributed by atoms with Gasteiger partial charge in [-0.15, -0.1) is 0 Å². The second kappa shape index (κ2) is 7.63. The number of ether oxygens (including phenoxy) is 1. The van der Waals surface area contributed by atoms with Gasteiger partial charge in [-0.3, -0.25) is 0 Å². The Bertz CT molecular complexity index is 1140. The predicted octanol–water partition coefficient (Wildman–Crippen LogP) is 6.59. The molecule has 1 aliphatic heterocycles. The first-order valence-corrected chi connectivity index (χ1v) is 10.6. The molecular formula is C26H20BrNO2. The molecule has 2 N–H and O–H groups in total. The van der Waals surface area contributed by atoms with Gasteiger partial charge in [-0.1, -0.05) is 94.8 Å². The summed E-state index contributed by atoms with van der Waals surface area (Å²) in [6, 6.07) is 34.1. The van der Waals surface area contributed by atoms with Crippen LogP contribution in [0.4, 0.5) is 5.69 Å². The van der Waals surface area contributed by atoms with Crippen LogP contribution in [0.1, 0.15) is 28.5 Å². The van der Waals surface area contributed by atoms with E-state index >= 15 is 0 Å². The molecule has 0 aromatic heterocycles. The Labute approximate surface area is 184 Å². The smallest absolute Gasteiger partial charge is 0.159 e. The molecule has 4 aromatic rings. The molecule has 0 unspecified atom stereocenters. The molecule has 0 saturated heterocycles. The third-order valence-electron chi connectivity index (χ3n) is 5.52. The lowest BCUT2D eigenvalue weighted by atomic mass is 9.78. The monoisotopic (exact) mass is 457 g/mol. The Morgan fingerprint density at radius 3 is 2.03 bits per heavy atom. The summed E-state index contributed by atoms with van der Waals surface area (Å²) in [6.07, 6.45) is -0.544. The van der Waals surface area contributed by atoms with Crippen LogP contribution in [0.25, 0.3) is 0 Å². The number of nitrogens with one attached hydrogen (secondary N) is 1. The second-order valence-corrected chi connectivity index (χ2v) is 8.22. The largest absolute Gasteiger partial charge is 0.507 e. The fraction of sp³-hybridized carbons (Fsp3) is 0.0769. The van der Waals surface area contributed by atoms with Crippen LogP contribution in [0, 0.1) is 0 Å². The van der Waals surface area contributed by atoms with Crippen molar-refractivity contribution in [3.05, 3.63) is 130 Å². The van der Waals surface area contributed by atoms with Gasteiger partial charge in [-0.05, 0) is 35.4 Å². The van der Waals surface area contributed by atoms with E-state index in [-0.39, 0.29) is 5.75 Å². The predicted molar refractivity (Wildman–Crippen MR) is 122 cm³/mol. The van der Waals surface area contributed by atoms with Crippen molar-refractivity contribution in [2.24, 2.45) is 0 Å². The van der Waals surface area contributed by atoms with Crippen molar-refractivity contribution >= 4 is 21.6 Å². The number of phenols is 1. The van der Waals surface area contributed by atoms with Crippen molar-refractivity contribution < 1.29 is 9.84 Å². The summed E-state index contributed by atoms with van der Waals surface area (Å²) < 4.78 is 7.78. The topological polar surface area (TPSA) is 41.5 Å². The number of benzene rings is 4. The summed E-state index contributed by atoms with van der Waals surface area (Å²) in [4.78, 5) is 0. The Kier molecular flexibility index (Phi) is 4.81. The maximum atomic E-state index is 10.6. The molecule has 148 valence electrons. The number of anilines is 1. The van der Waals surface area contributed by atoms with Gasteiger partial charge in [0.1, 0.15) is 11.4 Å². The standard InChI is InChI=1S/C26H20BrNO2/c27-20-15-16-24(29)21(17-20)25-28-23-14-8-7-13-22(23)26(30-25,18-9-3-1-4-10-18)19-11-5-2-6-12-19/h1-17,25,28-29H/t25-/m0/s1. The number of rotatable bonds is 3. The third-order valence-corrected chi connectivity index (χ3v) is 6.01. The third kappa shape index (κ3) is 3.09. The minimum Gasteiger partial charge on any atom is -0.507 e. The average molecular weight is 458 g/mol. The summed E-state index contributed by atoms with van der Waals surface area (Å²) in [5.41, 5.74) is 3.92. The van der Waals surface area contributed by atoms with Crippen molar-refractivity contribution in [1.29, 1.82) is 0 Å². The normalized spacial score (nSPS) is 17.0. The Hall–Kier alpha value is -3.08. The van der Waals surface area contributed by atoms with E-state index < -0.39 is 11.8 Å². The number of hydrogen-bond donors (Lipinski definition) is 2. The van der Waals surface area contributed by atoms with Gasteiger partial charge in [0, 0.05) is 21.3 Å². The lowest BCUT2D eigenvalue weighted by molar-refractivity contribution is -0.0440. The molecule has 0 spiro atoms. The van der Waals surface area contributed by atoms with Crippen molar-refractivity contribution in [3.8, 4) is 5.75 Å². The Morgan fingerprint density at radius 2 is 1.37 bits per heavy atom. The maximum absolute atomic E-state index is 10.6. The highest BCUT2D eigenvalue weighted by atomic mass is 79.9. The van der Waals surface area contributed by atoms with E-state index in [1.54, 1.807) is 6.07 Å². The van der Waals surface area contributed by atoms with Crippen LogP contribution in [0.5, 0.6) is 5.75 Å². The molecule has 0 radical (unpaired) electrons. The zero-order valence-corrected chi connectivity index (χ0v) is 17.7. The molecule has 30 heavy (non-hydrogen) atoms. The number of aromatic hydroxyl groups is 1. The van der Waals surface area contributed by atoms with E-state index in [0.29, 0.717) is 5.56 Å². The highest BCUT2D eigenvalue weighted by molar-refractivity contribution is 9.10. The van der Waals surface area contributed by atoms with E-state index in [0.717, 1.165) is 26.9 Å². The lowest BCUT2D eigenvalue weighted by Crippen LogP contribution is -2.40. The molecule has 0 aliphatic carbocycles.